The van der Waals surface area contributed by atoms with Gasteiger partial charge in [-0.2, -0.15) is 0 Å². The van der Waals surface area contributed by atoms with E-state index in [4.69, 9.17) is 9.47 Å². The standard InChI is InChI=1S/C27H32N2O6/c1-3-27(16-34-2,25(32)28-23-14-8-13-21(23)24(30)31)29-26(33)35-15-22-19-11-6-4-9-17(19)18-10-5-7-12-20(18)22/h4-7,9-12,21-23H,3,8,13-16H2,1-2H3,(H,28,32)(H,29,33)(H,30,31). The Hall–Kier alpha value is -3.39. The highest BCUT2D eigenvalue weighted by molar-refractivity contribution is 5.91. The molecular weight excluding hydrogens is 448 g/mol. The summed E-state index contributed by atoms with van der Waals surface area (Å²) < 4.78 is 10.9. The average molecular weight is 481 g/mol. The zero-order valence-electron chi connectivity index (χ0n) is 20.1. The highest BCUT2D eigenvalue weighted by Gasteiger charge is 2.43. The molecule has 186 valence electrons. The monoisotopic (exact) mass is 480 g/mol. The number of carbonyl (C=O) groups is 3. The van der Waals surface area contributed by atoms with Gasteiger partial charge in [-0.25, -0.2) is 4.79 Å². The quantitative estimate of drug-likeness (QED) is 0.504. The van der Waals surface area contributed by atoms with E-state index >= 15 is 0 Å². The molecule has 2 aliphatic rings. The third-order valence-electron chi connectivity index (χ3n) is 7.26. The molecule has 0 saturated heterocycles. The van der Waals surface area contributed by atoms with E-state index in [2.05, 4.69) is 22.8 Å². The van der Waals surface area contributed by atoms with E-state index in [-0.39, 0.29) is 25.6 Å². The fraction of sp³-hybridized carbons (Fsp3) is 0.444. The van der Waals surface area contributed by atoms with Gasteiger partial charge in [0.05, 0.1) is 12.5 Å². The Bertz CT molecular complexity index is 1060. The number of aliphatic carboxylic acids is 1. The van der Waals surface area contributed by atoms with Crippen LogP contribution in [0.25, 0.3) is 11.1 Å². The number of hydrogen-bond acceptors (Lipinski definition) is 5. The Labute approximate surface area is 205 Å². The molecule has 0 aliphatic heterocycles. The molecule has 3 atom stereocenters. The third-order valence-corrected chi connectivity index (χ3v) is 7.26. The van der Waals surface area contributed by atoms with Crippen LogP contribution in [0.4, 0.5) is 4.79 Å². The van der Waals surface area contributed by atoms with Crippen LogP contribution >= 0.6 is 0 Å². The van der Waals surface area contributed by atoms with Gasteiger partial charge in [0.15, 0.2) is 0 Å². The van der Waals surface area contributed by atoms with Gasteiger partial charge in [-0.3, -0.25) is 9.59 Å². The number of carboxylic acid groups (broad SMARTS) is 1. The number of amides is 2. The molecule has 2 amide bonds. The molecule has 1 saturated carbocycles. The van der Waals surface area contributed by atoms with Crippen LogP contribution in [-0.4, -0.2) is 55.0 Å². The summed E-state index contributed by atoms with van der Waals surface area (Å²) in [4.78, 5) is 37.7. The number of benzene rings is 2. The summed E-state index contributed by atoms with van der Waals surface area (Å²) in [6, 6.07) is 15.6. The van der Waals surface area contributed by atoms with E-state index in [0.717, 1.165) is 28.7 Å². The minimum absolute atomic E-state index is 0.0655. The van der Waals surface area contributed by atoms with E-state index in [1.807, 2.05) is 36.4 Å². The summed E-state index contributed by atoms with van der Waals surface area (Å²) in [5.74, 6) is -2.12. The largest absolute Gasteiger partial charge is 0.481 e. The highest BCUT2D eigenvalue weighted by Crippen LogP contribution is 2.44. The van der Waals surface area contributed by atoms with Crippen molar-refractivity contribution in [1.29, 1.82) is 0 Å². The van der Waals surface area contributed by atoms with Gasteiger partial charge >= 0.3 is 12.1 Å². The van der Waals surface area contributed by atoms with Gasteiger partial charge in [-0.1, -0.05) is 61.9 Å². The summed E-state index contributed by atoms with van der Waals surface area (Å²) in [5, 5.41) is 15.0. The predicted octanol–water partition coefficient (Wildman–Crippen LogP) is 3.69. The third kappa shape index (κ3) is 4.89. The molecular formula is C27H32N2O6. The lowest BCUT2D eigenvalue weighted by Gasteiger charge is -2.33. The zero-order chi connectivity index (χ0) is 25.0. The van der Waals surface area contributed by atoms with Gasteiger partial charge in [-0.05, 0) is 41.5 Å². The van der Waals surface area contributed by atoms with E-state index in [1.54, 1.807) is 6.92 Å². The van der Waals surface area contributed by atoms with Crippen molar-refractivity contribution < 1.29 is 29.0 Å². The van der Waals surface area contributed by atoms with Crippen molar-refractivity contribution in [2.24, 2.45) is 5.92 Å². The number of carbonyl (C=O) groups excluding carboxylic acids is 2. The fourth-order valence-corrected chi connectivity index (χ4v) is 5.32. The number of nitrogens with one attached hydrogen (secondary N) is 2. The second-order valence-electron chi connectivity index (χ2n) is 9.27. The van der Waals surface area contributed by atoms with Gasteiger partial charge in [0.2, 0.25) is 5.91 Å². The number of rotatable bonds is 9. The number of hydrogen-bond donors (Lipinski definition) is 3. The highest BCUT2D eigenvalue weighted by atomic mass is 16.5. The summed E-state index contributed by atoms with van der Waals surface area (Å²) in [7, 11) is 1.45. The first-order valence-corrected chi connectivity index (χ1v) is 12.1. The van der Waals surface area contributed by atoms with Crippen LogP contribution in [0.1, 0.15) is 49.7 Å². The molecule has 2 aromatic rings. The lowest BCUT2D eigenvalue weighted by Crippen LogP contribution is -2.63. The molecule has 0 radical (unpaired) electrons. The average Bonchev–Trinajstić information content (AvgIpc) is 3.45. The van der Waals surface area contributed by atoms with E-state index in [9.17, 15) is 19.5 Å². The first-order chi connectivity index (χ1) is 16.9. The second kappa shape index (κ2) is 10.5. The Morgan fingerprint density at radius 3 is 2.23 bits per heavy atom. The van der Waals surface area contributed by atoms with Gasteiger partial charge in [-0.15, -0.1) is 0 Å². The number of alkyl carbamates (subject to hydrolysis) is 1. The van der Waals surface area contributed by atoms with Crippen molar-refractivity contribution in [3.63, 3.8) is 0 Å². The first kappa shape index (κ1) is 24.7. The molecule has 0 heterocycles. The molecule has 4 rings (SSSR count). The minimum atomic E-state index is -1.37. The zero-order valence-corrected chi connectivity index (χ0v) is 20.1. The van der Waals surface area contributed by atoms with Crippen molar-refractivity contribution in [1.82, 2.24) is 10.6 Å². The number of fused-ring (bicyclic) bond motifs is 3. The predicted molar refractivity (Wildman–Crippen MR) is 130 cm³/mol. The van der Waals surface area contributed by atoms with Crippen LogP contribution < -0.4 is 10.6 Å². The number of methoxy groups -OCH3 is 1. The van der Waals surface area contributed by atoms with E-state index in [1.165, 1.54) is 7.11 Å². The van der Waals surface area contributed by atoms with Crippen LogP contribution in [0.3, 0.4) is 0 Å². The smallest absolute Gasteiger partial charge is 0.408 e. The van der Waals surface area contributed by atoms with Crippen LogP contribution in [0, 0.1) is 5.92 Å². The SMILES string of the molecule is CCC(COC)(NC(=O)OCC1c2ccccc2-c2ccccc21)C(=O)NC1CCCC1C(=O)O. The summed E-state index contributed by atoms with van der Waals surface area (Å²) in [5.41, 5.74) is 3.08. The Kier molecular flexibility index (Phi) is 7.40. The van der Waals surface area contributed by atoms with Crippen LogP contribution in [0.5, 0.6) is 0 Å². The van der Waals surface area contributed by atoms with Crippen molar-refractivity contribution in [3.05, 3.63) is 59.7 Å². The molecule has 1 fully saturated rings. The van der Waals surface area contributed by atoms with E-state index < -0.39 is 35.5 Å². The molecule has 0 spiro atoms. The molecule has 2 aromatic carbocycles. The van der Waals surface area contributed by atoms with Crippen LogP contribution in [-0.2, 0) is 19.1 Å². The van der Waals surface area contributed by atoms with Crippen LogP contribution in [0.2, 0.25) is 0 Å². The molecule has 8 nitrogen and oxygen atoms in total. The molecule has 0 aromatic heterocycles. The van der Waals surface area contributed by atoms with Gasteiger partial charge in [0, 0.05) is 19.1 Å². The maximum absolute atomic E-state index is 13.3. The van der Waals surface area contributed by atoms with Gasteiger partial charge in [0.1, 0.15) is 12.1 Å². The van der Waals surface area contributed by atoms with E-state index in [0.29, 0.717) is 12.8 Å². The number of ether oxygens (including phenoxy) is 2. The summed E-state index contributed by atoms with van der Waals surface area (Å²) >= 11 is 0. The second-order valence-corrected chi connectivity index (χ2v) is 9.27. The summed E-state index contributed by atoms with van der Waals surface area (Å²) in [6.45, 7) is 1.83. The van der Waals surface area contributed by atoms with Gasteiger partial charge < -0.3 is 25.2 Å². The normalized spacial score (nSPS) is 20.4. The lowest BCUT2D eigenvalue weighted by molar-refractivity contribution is -0.142. The van der Waals surface area contributed by atoms with Crippen molar-refractivity contribution >= 4 is 18.0 Å². The maximum atomic E-state index is 13.3. The Morgan fingerprint density at radius 2 is 1.66 bits per heavy atom. The minimum Gasteiger partial charge on any atom is -0.481 e. The summed E-state index contributed by atoms with van der Waals surface area (Å²) in [6.07, 6.45) is 1.36. The molecule has 3 unspecified atom stereocenters. The maximum Gasteiger partial charge on any atom is 0.408 e. The Balaban J connectivity index is 1.46. The van der Waals surface area contributed by atoms with Crippen molar-refractivity contribution in [3.8, 4) is 11.1 Å². The molecule has 0 bridgehead atoms. The Morgan fingerprint density at radius 1 is 1.03 bits per heavy atom. The molecule has 8 heteroatoms. The van der Waals surface area contributed by atoms with Crippen molar-refractivity contribution in [2.75, 3.05) is 20.3 Å². The van der Waals surface area contributed by atoms with Gasteiger partial charge in [0.25, 0.3) is 0 Å². The molecule has 35 heavy (non-hydrogen) atoms. The molecule has 3 N–H and O–H groups in total. The van der Waals surface area contributed by atoms with Crippen LogP contribution in [0.15, 0.2) is 48.5 Å². The molecule has 2 aliphatic carbocycles. The number of carboxylic acids is 1. The topological polar surface area (TPSA) is 114 Å². The van der Waals surface area contributed by atoms with Crippen molar-refractivity contribution in [2.45, 2.75) is 50.1 Å². The lowest BCUT2D eigenvalue weighted by atomic mass is 9.94. The first-order valence-electron chi connectivity index (χ1n) is 12.1. The fourth-order valence-electron chi connectivity index (χ4n) is 5.32.